The summed E-state index contributed by atoms with van der Waals surface area (Å²) < 4.78 is 59.4. The molecular formula is C21H19F4NO. The van der Waals surface area contributed by atoms with Crippen molar-refractivity contribution in [1.82, 2.24) is 0 Å². The van der Waals surface area contributed by atoms with Crippen molar-refractivity contribution in [2.75, 3.05) is 0 Å². The zero-order valence-electron chi connectivity index (χ0n) is 14.8. The first-order valence-electron chi connectivity index (χ1n) is 8.49. The molecule has 27 heavy (non-hydrogen) atoms. The molecule has 2 rings (SSSR count). The molecule has 0 amide bonds. The first kappa shape index (κ1) is 20.5. The number of nitrogens with zero attached hydrogens (tertiary/aromatic N) is 1. The number of aryl methyl sites for hydroxylation is 2. The Morgan fingerprint density at radius 2 is 1.59 bits per heavy atom. The number of hydrogen-bond acceptors (Lipinski definition) is 2. The van der Waals surface area contributed by atoms with E-state index < -0.39 is 35.5 Å². The number of halogens is 4. The molecule has 0 unspecified atom stereocenters. The lowest BCUT2D eigenvalue weighted by Gasteiger charge is -2.18. The highest BCUT2D eigenvalue weighted by Crippen LogP contribution is 2.28. The van der Waals surface area contributed by atoms with Gasteiger partial charge in [-0.3, -0.25) is 0 Å². The summed E-state index contributed by atoms with van der Waals surface area (Å²) in [7, 11) is 0. The van der Waals surface area contributed by atoms with Crippen LogP contribution in [0.5, 0.6) is 5.75 Å². The molecule has 0 saturated heterocycles. The Kier molecular flexibility index (Phi) is 7.00. The average Bonchev–Trinajstić information content (AvgIpc) is 2.61. The van der Waals surface area contributed by atoms with Crippen LogP contribution in [0, 0.1) is 23.0 Å². The summed E-state index contributed by atoms with van der Waals surface area (Å²) in [5.41, 5.74) is 0.994. The van der Waals surface area contributed by atoms with Crippen LogP contribution in [0.1, 0.15) is 36.5 Å². The quantitative estimate of drug-likeness (QED) is 0.421. The lowest BCUT2D eigenvalue weighted by Crippen LogP contribution is -2.25. The van der Waals surface area contributed by atoms with Crippen LogP contribution >= 0.6 is 0 Å². The molecule has 6 heteroatoms. The summed E-state index contributed by atoms with van der Waals surface area (Å²) in [4.78, 5) is 0. The van der Waals surface area contributed by atoms with Gasteiger partial charge in [-0.25, -0.2) is 8.78 Å². The standard InChI is InChI=1S/C21H19F4NO/c1-2-3-4-5-15-6-8-16(9-7-15)10-11-21(24,25)27-17-12-19(22)18(14-26)20(23)13-17/h2-3,6-9,12-13H,4-5,10-11H2,1H3. The molecule has 0 aliphatic heterocycles. The van der Waals surface area contributed by atoms with E-state index >= 15 is 0 Å². The highest BCUT2D eigenvalue weighted by Gasteiger charge is 2.32. The monoisotopic (exact) mass is 377 g/mol. The summed E-state index contributed by atoms with van der Waals surface area (Å²) in [6, 6.07) is 9.82. The van der Waals surface area contributed by atoms with Crippen LogP contribution in [0.4, 0.5) is 17.6 Å². The third-order valence-electron chi connectivity index (χ3n) is 3.96. The molecule has 2 nitrogen and oxygen atoms in total. The molecule has 0 spiro atoms. The largest absolute Gasteiger partial charge is 0.432 e. The summed E-state index contributed by atoms with van der Waals surface area (Å²) >= 11 is 0. The van der Waals surface area contributed by atoms with Crippen molar-refractivity contribution in [1.29, 1.82) is 5.26 Å². The zero-order valence-corrected chi connectivity index (χ0v) is 14.8. The van der Waals surface area contributed by atoms with E-state index in [1.165, 1.54) is 6.07 Å². The van der Waals surface area contributed by atoms with Crippen molar-refractivity contribution in [2.45, 2.75) is 38.7 Å². The van der Waals surface area contributed by atoms with E-state index in [9.17, 15) is 17.6 Å². The maximum atomic E-state index is 14.0. The van der Waals surface area contributed by atoms with Crippen LogP contribution in [0.25, 0.3) is 0 Å². The minimum Gasteiger partial charge on any atom is -0.432 e. The van der Waals surface area contributed by atoms with Crippen LogP contribution < -0.4 is 4.74 Å². The summed E-state index contributed by atoms with van der Waals surface area (Å²) in [6.07, 6.45) is 1.62. The Bertz CT molecular complexity index is 815. The second-order valence-electron chi connectivity index (χ2n) is 6.04. The fraction of sp³-hybridized carbons (Fsp3) is 0.286. The molecular weight excluding hydrogens is 358 g/mol. The van der Waals surface area contributed by atoms with E-state index in [2.05, 4.69) is 10.8 Å². The van der Waals surface area contributed by atoms with Crippen molar-refractivity contribution < 1.29 is 22.3 Å². The molecule has 0 saturated carbocycles. The number of ether oxygens (including phenoxy) is 1. The maximum absolute atomic E-state index is 14.0. The molecule has 2 aromatic carbocycles. The summed E-state index contributed by atoms with van der Waals surface area (Å²) in [5.74, 6) is -3.14. The van der Waals surface area contributed by atoms with E-state index in [1.54, 1.807) is 12.1 Å². The second-order valence-corrected chi connectivity index (χ2v) is 6.04. The molecule has 0 N–H and O–H groups in total. The molecule has 0 aliphatic carbocycles. The fourth-order valence-corrected chi connectivity index (χ4v) is 2.52. The van der Waals surface area contributed by atoms with Gasteiger partial charge in [-0.2, -0.15) is 14.0 Å². The number of benzene rings is 2. The second kappa shape index (κ2) is 9.22. The van der Waals surface area contributed by atoms with Gasteiger partial charge < -0.3 is 4.74 Å². The minimum absolute atomic E-state index is 0.0450. The van der Waals surface area contributed by atoms with Crippen LogP contribution in [0.15, 0.2) is 48.6 Å². The lowest BCUT2D eigenvalue weighted by atomic mass is 10.0. The Hall–Kier alpha value is -2.81. The number of nitriles is 1. The Morgan fingerprint density at radius 3 is 2.11 bits per heavy atom. The number of rotatable bonds is 8. The molecule has 0 heterocycles. The number of allylic oxidation sites excluding steroid dienone is 2. The first-order chi connectivity index (χ1) is 12.8. The van der Waals surface area contributed by atoms with E-state index in [-0.39, 0.29) is 6.42 Å². The Labute approximate surface area is 155 Å². The van der Waals surface area contributed by atoms with Gasteiger partial charge in [0, 0.05) is 12.1 Å². The highest BCUT2D eigenvalue weighted by molar-refractivity contribution is 5.38. The smallest absolute Gasteiger partial charge is 0.398 e. The van der Waals surface area contributed by atoms with Crippen LogP contribution in [-0.4, -0.2) is 6.11 Å². The van der Waals surface area contributed by atoms with Gasteiger partial charge in [-0.1, -0.05) is 36.4 Å². The number of alkyl halides is 2. The molecule has 0 bridgehead atoms. The van der Waals surface area contributed by atoms with Crippen LogP contribution in [0.3, 0.4) is 0 Å². The van der Waals surface area contributed by atoms with Crippen molar-refractivity contribution >= 4 is 0 Å². The molecule has 0 radical (unpaired) electrons. The van der Waals surface area contributed by atoms with Crippen molar-refractivity contribution in [3.63, 3.8) is 0 Å². The topological polar surface area (TPSA) is 33.0 Å². The van der Waals surface area contributed by atoms with Gasteiger partial charge in [-0.15, -0.1) is 0 Å². The minimum atomic E-state index is -3.60. The first-order valence-corrected chi connectivity index (χ1v) is 8.49. The Balaban J connectivity index is 1.95. The third kappa shape index (κ3) is 6.14. The summed E-state index contributed by atoms with van der Waals surface area (Å²) in [5, 5.41) is 8.59. The molecule has 0 aliphatic rings. The third-order valence-corrected chi connectivity index (χ3v) is 3.96. The zero-order chi connectivity index (χ0) is 19.9. The number of hydrogen-bond donors (Lipinski definition) is 0. The van der Waals surface area contributed by atoms with Gasteiger partial charge in [0.2, 0.25) is 0 Å². The summed E-state index contributed by atoms with van der Waals surface area (Å²) in [6.45, 7) is 1.95. The maximum Gasteiger partial charge on any atom is 0.398 e. The molecule has 2 aromatic rings. The molecule has 0 aromatic heterocycles. The Morgan fingerprint density at radius 1 is 1.04 bits per heavy atom. The SMILES string of the molecule is CC=CCCc1ccc(CCC(F)(F)Oc2cc(F)c(C#N)c(F)c2)cc1. The molecule has 0 atom stereocenters. The van der Waals surface area contributed by atoms with E-state index in [4.69, 9.17) is 5.26 Å². The van der Waals surface area contributed by atoms with E-state index in [0.29, 0.717) is 17.7 Å². The fourth-order valence-electron chi connectivity index (χ4n) is 2.52. The van der Waals surface area contributed by atoms with Gasteiger partial charge in [0.25, 0.3) is 0 Å². The predicted molar refractivity (Wildman–Crippen MR) is 94.5 cm³/mol. The predicted octanol–water partition coefficient (Wildman–Crippen LogP) is 5.95. The van der Waals surface area contributed by atoms with Gasteiger partial charge >= 0.3 is 6.11 Å². The van der Waals surface area contributed by atoms with E-state index in [1.807, 2.05) is 25.1 Å². The molecule has 0 fully saturated rings. The van der Waals surface area contributed by atoms with Crippen LogP contribution in [-0.2, 0) is 12.8 Å². The van der Waals surface area contributed by atoms with Crippen LogP contribution in [0.2, 0.25) is 0 Å². The van der Waals surface area contributed by atoms with Crippen molar-refractivity contribution in [2.24, 2.45) is 0 Å². The highest BCUT2D eigenvalue weighted by atomic mass is 19.3. The van der Waals surface area contributed by atoms with Gasteiger partial charge in [-0.05, 0) is 37.3 Å². The molecule has 142 valence electrons. The van der Waals surface area contributed by atoms with Gasteiger partial charge in [0.15, 0.2) is 0 Å². The van der Waals surface area contributed by atoms with Gasteiger partial charge in [0.1, 0.15) is 29.0 Å². The average molecular weight is 377 g/mol. The lowest BCUT2D eigenvalue weighted by molar-refractivity contribution is -0.180. The normalized spacial score (nSPS) is 11.6. The van der Waals surface area contributed by atoms with Gasteiger partial charge in [0.05, 0.1) is 6.42 Å². The van der Waals surface area contributed by atoms with Crippen molar-refractivity contribution in [3.05, 3.63) is 76.9 Å². The van der Waals surface area contributed by atoms with Crippen molar-refractivity contribution in [3.8, 4) is 11.8 Å². The van der Waals surface area contributed by atoms with E-state index in [0.717, 1.165) is 18.4 Å².